The van der Waals surface area contributed by atoms with E-state index in [0.29, 0.717) is 5.30 Å². The summed E-state index contributed by atoms with van der Waals surface area (Å²) in [4.78, 5) is 0. The van der Waals surface area contributed by atoms with Gasteiger partial charge in [-0.1, -0.05) is 30.3 Å². The molecule has 0 aromatic heterocycles. The highest BCUT2D eigenvalue weighted by Crippen LogP contribution is 2.41. The van der Waals surface area contributed by atoms with Gasteiger partial charge >= 0.3 is 0 Å². The molecule has 0 aliphatic rings. The fourth-order valence-corrected chi connectivity index (χ4v) is 2.04. The Morgan fingerprint density at radius 3 is 2.00 bits per heavy atom. The van der Waals surface area contributed by atoms with Gasteiger partial charge in [0.1, 0.15) is 12.7 Å². The molecule has 1 aromatic rings. The second kappa shape index (κ2) is 3.85. The maximum atomic E-state index is 11.7. The first-order valence-electron chi connectivity index (χ1n) is 3.58. The molecular formula is C8H11O3P. The summed E-state index contributed by atoms with van der Waals surface area (Å²) in [7, 11) is -2.92. The predicted octanol–water partition coefficient (Wildman–Crippen LogP) is 0.575. The summed E-state index contributed by atoms with van der Waals surface area (Å²) in [6.07, 6.45) is -0.957. The molecule has 0 aliphatic carbocycles. The molecule has 2 N–H and O–H groups in total. The maximum absolute atomic E-state index is 11.7. The second-order valence-electron chi connectivity index (χ2n) is 2.51. The van der Waals surface area contributed by atoms with Gasteiger partial charge in [-0.25, -0.2) is 0 Å². The molecule has 1 rings (SSSR count). The molecule has 0 fully saturated rings. The Bertz CT molecular complexity index is 276. The van der Waals surface area contributed by atoms with Crippen molar-refractivity contribution < 1.29 is 14.8 Å². The Morgan fingerprint density at radius 2 is 1.58 bits per heavy atom. The highest BCUT2D eigenvalue weighted by Gasteiger charge is 2.21. The van der Waals surface area contributed by atoms with Crippen LogP contribution in [-0.2, 0) is 4.57 Å². The van der Waals surface area contributed by atoms with Crippen LogP contribution in [0, 0.1) is 0 Å². The minimum absolute atomic E-state index is 0.479. The van der Waals surface area contributed by atoms with Gasteiger partial charge in [-0.15, -0.1) is 0 Å². The third kappa shape index (κ3) is 1.75. The van der Waals surface area contributed by atoms with Crippen molar-refractivity contribution in [1.29, 1.82) is 0 Å². The third-order valence-corrected chi connectivity index (χ3v) is 3.84. The largest absolute Gasteiger partial charge is 0.388 e. The van der Waals surface area contributed by atoms with Crippen LogP contribution in [0.5, 0.6) is 0 Å². The van der Waals surface area contributed by atoms with Gasteiger partial charge in [-0.2, -0.15) is 0 Å². The number of hydrogen-bond donors (Lipinski definition) is 2. The standard InChI is InChI=1S/C8H11O3P/c9-6-12(11,7-10)8-4-2-1-3-5-8/h1-5,9-10H,6-7H2. The summed E-state index contributed by atoms with van der Waals surface area (Å²) in [5.74, 6) is 0. The quantitative estimate of drug-likeness (QED) is 0.678. The minimum Gasteiger partial charge on any atom is -0.388 e. The average Bonchev–Trinajstić information content (AvgIpc) is 2.18. The zero-order valence-corrected chi connectivity index (χ0v) is 7.45. The Kier molecular flexibility index (Phi) is 3.04. The van der Waals surface area contributed by atoms with E-state index < -0.39 is 19.8 Å². The van der Waals surface area contributed by atoms with Crippen LogP contribution < -0.4 is 5.30 Å². The van der Waals surface area contributed by atoms with Crippen LogP contribution in [0.25, 0.3) is 0 Å². The molecule has 66 valence electrons. The third-order valence-electron chi connectivity index (χ3n) is 1.68. The number of aliphatic hydroxyl groups excluding tert-OH is 2. The van der Waals surface area contributed by atoms with E-state index in [1.54, 1.807) is 30.3 Å². The molecule has 3 nitrogen and oxygen atoms in total. The van der Waals surface area contributed by atoms with E-state index in [-0.39, 0.29) is 0 Å². The van der Waals surface area contributed by atoms with Crippen LogP contribution >= 0.6 is 7.14 Å². The fourth-order valence-electron chi connectivity index (χ4n) is 0.908. The van der Waals surface area contributed by atoms with Gasteiger partial charge in [0.25, 0.3) is 0 Å². The van der Waals surface area contributed by atoms with Gasteiger partial charge in [0.05, 0.1) is 0 Å². The van der Waals surface area contributed by atoms with Crippen LogP contribution in [0.2, 0.25) is 0 Å². The summed E-state index contributed by atoms with van der Waals surface area (Å²) in [5, 5.41) is 18.2. The molecule has 0 atom stereocenters. The molecule has 0 spiro atoms. The SMILES string of the molecule is O=P(CO)(CO)c1ccccc1. The fraction of sp³-hybridized carbons (Fsp3) is 0.250. The Labute approximate surface area is 71.0 Å². The predicted molar refractivity (Wildman–Crippen MR) is 47.9 cm³/mol. The van der Waals surface area contributed by atoms with Gasteiger partial charge in [0, 0.05) is 5.30 Å². The van der Waals surface area contributed by atoms with Crippen LogP contribution in [0.4, 0.5) is 0 Å². The van der Waals surface area contributed by atoms with Crippen molar-refractivity contribution in [3.8, 4) is 0 Å². The molecule has 0 saturated heterocycles. The molecule has 0 aliphatic heterocycles. The lowest BCUT2D eigenvalue weighted by Crippen LogP contribution is -2.09. The van der Waals surface area contributed by atoms with Crippen molar-refractivity contribution >= 4 is 12.4 Å². The summed E-state index contributed by atoms with van der Waals surface area (Å²) in [6.45, 7) is 0. The molecule has 0 amide bonds. The summed E-state index contributed by atoms with van der Waals surface area (Å²) in [6, 6.07) is 8.55. The van der Waals surface area contributed by atoms with Gasteiger partial charge in [0.2, 0.25) is 0 Å². The summed E-state index contributed by atoms with van der Waals surface area (Å²) >= 11 is 0. The van der Waals surface area contributed by atoms with Crippen LogP contribution in [0.3, 0.4) is 0 Å². The molecule has 0 bridgehead atoms. The van der Waals surface area contributed by atoms with E-state index in [2.05, 4.69) is 0 Å². The Morgan fingerprint density at radius 1 is 1.08 bits per heavy atom. The molecule has 0 radical (unpaired) electrons. The van der Waals surface area contributed by atoms with Crippen molar-refractivity contribution in [2.24, 2.45) is 0 Å². The highest BCUT2D eigenvalue weighted by atomic mass is 31.2. The first kappa shape index (κ1) is 9.46. The Balaban J connectivity index is 3.04. The van der Waals surface area contributed by atoms with E-state index in [9.17, 15) is 4.57 Å². The zero-order chi connectivity index (χ0) is 9.03. The summed E-state index contributed by atoms with van der Waals surface area (Å²) in [5.41, 5.74) is 0. The van der Waals surface area contributed by atoms with E-state index in [1.807, 2.05) is 0 Å². The van der Waals surface area contributed by atoms with Crippen molar-refractivity contribution in [3.05, 3.63) is 30.3 Å². The van der Waals surface area contributed by atoms with Crippen molar-refractivity contribution in [2.75, 3.05) is 12.7 Å². The van der Waals surface area contributed by atoms with E-state index in [0.717, 1.165) is 0 Å². The topological polar surface area (TPSA) is 57.5 Å². The highest BCUT2D eigenvalue weighted by molar-refractivity contribution is 7.71. The number of benzene rings is 1. The molecule has 1 aromatic carbocycles. The van der Waals surface area contributed by atoms with E-state index >= 15 is 0 Å². The zero-order valence-electron chi connectivity index (χ0n) is 6.55. The van der Waals surface area contributed by atoms with Crippen molar-refractivity contribution in [1.82, 2.24) is 0 Å². The minimum atomic E-state index is -2.92. The van der Waals surface area contributed by atoms with Crippen molar-refractivity contribution in [2.45, 2.75) is 0 Å². The molecule has 0 unspecified atom stereocenters. The van der Waals surface area contributed by atoms with Crippen LogP contribution in [0.15, 0.2) is 30.3 Å². The van der Waals surface area contributed by atoms with Crippen LogP contribution in [0.1, 0.15) is 0 Å². The van der Waals surface area contributed by atoms with Gasteiger partial charge in [-0.05, 0) is 0 Å². The van der Waals surface area contributed by atoms with Gasteiger partial charge in [-0.3, -0.25) is 0 Å². The van der Waals surface area contributed by atoms with Crippen molar-refractivity contribution in [3.63, 3.8) is 0 Å². The summed E-state index contributed by atoms with van der Waals surface area (Å²) < 4.78 is 11.7. The normalized spacial score (nSPS) is 11.5. The van der Waals surface area contributed by atoms with Gasteiger partial charge in [0.15, 0.2) is 7.14 Å². The van der Waals surface area contributed by atoms with Crippen LogP contribution in [-0.4, -0.2) is 22.9 Å². The lowest BCUT2D eigenvalue weighted by atomic mass is 10.4. The molecule has 0 saturated carbocycles. The monoisotopic (exact) mass is 186 g/mol. The molecular weight excluding hydrogens is 175 g/mol. The number of aliphatic hydroxyl groups is 2. The smallest absolute Gasteiger partial charge is 0.163 e. The molecule has 4 heteroatoms. The van der Waals surface area contributed by atoms with E-state index in [1.165, 1.54) is 0 Å². The molecule has 12 heavy (non-hydrogen) atoms. The van der Waals surface area contributed by atoms with Gasteiger partial charge < -0.3 is 14.8 Å². The number of hydrogen-bond acceptors (Lipinski definition) is 3. The Hall–Kier alpha value is -0.630. The molecule has 0 heterocycles. The lowest BCUT2D eigenvalue weighted by molar-refractivity contribution is 0.328. The number of rotatable bonds is 3. The van der Waals surface area contributed by atoms with E-state index in [4.69, 9.17) is 10.2 Å². The average molecular weight is 186 g/mol. The second-order valence-corrected chi connectivity index (χ2v) is 5.37. The maximum Gasteiger partial charge on any atom is 0.163 e. The lowest BCUT2D eigenvalue weighted by Gasteiger charge is -2.11. The first-order valence-corrected chi connectivity index (χ1v) is 5.66. The first-order chi connectivity index (χ1) is 5.73.